The van der Waals surface area contributed by atoms with Crippen molar-refractivity contribution in [2.75, 3.05) is 4.72 Å². The largest absolute Gasteiger partial charge is 0.478 e. The zero-order chi connectivity index (χ0) is 14.9. The molecule has 2 N–H and O–H groups in total. The molecule has 106 valence electrons. The normalized spacial score (nSPS) is 11.3. The van der Waals surface area contributed by atoms with Crippen molar-refractivity contribution in [3.8, 4) is 0 Å². The van der Waals surface area contributed by atoms with Crippen molar-refractivity contribution in [1.82, 2.24) is 5.16 Å². The summed E-state index contributed by atoms with van der Waals surface area (Å²) in [6.07, 6.45) is 0. The molecule has 0 fully saturated rings. The van der Waals surface area contributed by atoms with Gasteiger partial charge in [0.05, 0.1) is 10.5 Å². The second-order valence-electron chi connectivity index (χ2n) is 3.88. The second-order valence-corrected chi connectivity index (χ2v) is 6.41. The fraction of sp³-hybridized carbons (Fsp3) is 0.0909. The van der Waals surface area contributed by atoms with Crippen molar-refractivity contribution in [1.29, 1.82) is 0 Å². The van der Waals surface area contributed by atoms with E-state index in [0.717, 1.165) is 6.07 Å². The maximum absolute atomic E-state index is 12.1. The first kappa shape index (κ1) is 14.5. The molecule has 0 saturated carbocycles. The van der Waals surface area contributed by atoms with Crippen LogP contribution in [0.2, 0.25) is 0 Å². The van der Waals surface area contributed by atoms with E-state index in [4.69, 9.17) is 9.63 Å². The quantitative estimate of drug-likeness (QED) is 0.864. The van der Waals surface area contributed by atoms with Gasteiger partial charge in [0.25, 0.3) is 10.0 Å². The fourth-order valence-corrected chi connectivity index (χ4v) is 2.87. The van der Waals surface area contributed by atoms with Crippen molar-refractivity contribution in [2.45, 2.75) is 11.8 Å². The number of hydrogen-bond acceptors (Lipinski definition) is 5. The zero-order valence-corrected chi connectivity index (χ0v) is 12.5. The Hall–Kier alpha value is -1.87. The number of carboxylic acids is 1. The van der Waals surface area contributed by atoms with E-state index in [-0.39, 0.29) is 16.3 Å². The number of aryl methyl sites for hydroxylation is 1. The van der Waals surface area contributed by atoms with Crippen molar-refractivity contribution >= 4 is 37.7 Å². The summed E-state index contributed by atoms with van der Waals surface area (Å²) in [6.45, 7) is 1.62. The second kappa shape index (κ2) is 5.25. The molecule has 9 heteroatoms. The molecule has 1 aromatic heterocycles. The molecule has 0 unspecified atom stereocenters. The van der Waals surface area contributed by atoms with Gasteiger partial charge in [-0.25, -0.2) is 13.2 Å². The molecular formula is C11H9BrN2O5S. The maximum atomic E-state index is 12.1. The SMILES string of the molecule is Cc1cc(NS(=O)(=O)c2ccc(Br)c(C(=O)O)c2)no1. The van der Waals surface area contributed by atoms with E-state index in [1.165, 1.54) is 18.2 Å². The fourth-order valence-electron chi connectivity index (χ4n) is 1.45. The Morgan fingerprint density at radius 3 is 2.65 bits per heavy atom. The summed E-state index contributed by atoms with van der Waals surface area (Å²) in [7, 11) is -3.93. The number of nitrogens with one attached hydrogen (secondary N) is 1. The van der Waals surface area contributed by atoms with E-state index in [0.29, 0.717) is 10.2 Å². The molecule has 0 aliphatic heterocycles. The minimum atomic E-state index is -3.93. The maximum Gasteiger partial charge on any atom is 0.336 e. The van der Waals surface area contributed by atoms with E-state index in [1.54, 1.807) is 6.92 Å². The van der Waals surface area contributed by atoms with Gasteiger partial charge in [-0.05, 0) is 41.1 Å². The van der Waals surface area contributed by atoms with Crippen LogP contribution in [0.15, 0.2) is 38.2 Å². The number of aromatic carboxylic acids is 1. The Bertz CT molecular complexity index is 769. The van der Waals surface area contributed by atoms with Gasteiger partial charge in [-0.3, -0.25) is 4.72 Å². The van der Waals surface area contributed by atoms with Gasteiger partial charge in [-0.1, -0.05) is 5.16 Å². The molecule has 1 aromatic carbocycles. The van der Waals surface area contributed by atoms with Crippen LogP contribution in [0.5, 0.6) is 0 Å². The van der Waals surface area contributed by atoms with Crippen LogP contribution in [-0.4, -0.2) is 24.7 Å². The van der Waals surface area contributed by atoms with Crippen molar-refractivity contribution in [3.63, 3.8) is 0 Å². The highest BCUT2D eigenvalue weighted by Crippen LogP contribution is 2.22. The van der Waals surface area contributed by atoms with Gasteiger partial charge < -0.3 is 9.63 Å². The number of carbonyl (C=O) groups is 1. The smallest absolute Gasteiger partial charge is 0.336 e. The van der Waals surface area contributed by atoms with Gasteiger partial charge in [-0.15, -0.1) is 0 Å². The first-order valence-electron chi connectivity index (χ1n) is 5.28. The first-order valence-corrected chi connectivity index (χ1v) is 7.56. The highest BCUT2D eigenvalue weighted by atomic mass is 79.9. The molecular weight excluding hydrogens is 352 g/mol. The summed E-state index contributed by atoms with van der Waals surface area (Å²) in [5.41, 5.74) is -0.149. The molecule has 0 spiro atoms. The molecule has 0 aliphatic carbocycles. The van der Waals surface area contributed by atoms with Gasteiger partial charge in [0.2, 0.25) is 0 Å². The predicted octanol–water partition coefficient (Wildman–Crippen LogP) is 2.24. The number of nitrogens with zero attached hydrogens (tertiary/aromatic N) is 1. The number of sulfonamides is 1. The molecule has 2 rings (SSSR count). The van der Waals surface area contributed by atoms with Gasteiger partial charge in [0.1, 0.15) is 5.76 Å². The number of aromatic nitrogens is 1. The predicted molar refractivity (Wildman–Crippen MR) is 73.1 cm³/mol. The van der Waals surface area contributed by atoms with E-state index < -0.39 is 16.0 Å². The molecule has 0 bridgehead atoms. The Balaban J connectivity index is 2.39. The number of halogens is 1. The van der Waals surface area contributed by atoms with Crippen LogP contribution >= 0.6 is 15.9 Å². The average Bonchev–Trinajstić information content (AvgIpc) is 2.73. The number of benzene rings is 1. The number of carboxylic acid groups (broad SMARTS) is 1. The standard InChI is InChI=1S/C11H9BrN2O5S/c1-6-4-10(13-19-6)14-20(17,18)7-2-3-9(12)8(5-7)11(15)16/h2-5H,1H3,(H,13,14)(H,15,16). The monoisotopic (exact) mass is 360 g/mol. The number of rotatable bonds is 4. The number of anilines is 1. The van der Waals surface area contributed by atoms with Gasteiger partial charge in [0, 0.05) is 10.5 Å². The lowest BCUT2D eigenvalue weighted by atomic mass is 10.2. The molecule has 1 heterocycles. The Morgan fingerprint density at radius 2 is 2.10 bits per heavy atom. The van der Waals surface area contributed by atoms with E-state index in [9.17, 15) is 13.2 Å². The van der Waals surface area contributed by atoms with Crippen molar-refractivity contribution in [3.05, 3.63) is 40.1 Å². The van der Waals surface area contributed by atoms with E-state index in [1.807, 2.05) is 0 Å². The van der Waals surface area contributed by atoms with Crippen LogP contribution in [0.3, 0.4) is 0 Å². The summed E-state index contributed by atoms with van der Waals surface area (Å²) < 4.78 is 31.4. The van der Waals surface area contributed by atoms with Crippen LogP contribution in [-0.2, 0) is 10.0 Å². The van der Waals surface area contributed by atoms with Crippen LogP contribution in [0.4, 0.5) is 5.82 Å². The Morgan fingerprint density at radius 1 is 1.40 bits per heavy atom. The van der Waals surface area contributed by atoms with E-state index >= 15 is 0 Å². The van der Waals surface area contributed by atoms with Crippen LogP contribution in [0, 0.1) is 6.92 Å². The lowest BCUT2D eigenvalue weighted by molar-refractivity contribution is 0.0695. The molecule has 2 aromatic rings. The highest BCUT2D eigenvalue weighted by Gasteiger charge is 2.19. The van der Waals surface area contributed by atoms with Gasteiger partial charge >= 0.3 is 5.97 Å². The Labute approximate surface area is 122 Å². The first-order chi connectivity index (χ1) is 9.29. The molecule has 0 saturated heterocycles. The minimum Gasteiger partial charge on any atom is -0.478 e. The summed E-state index contributed by atoms with van der Waals surface area (Å²) in [5.74, 6) is -0.752. The molecule has 7 nitrogen and oxygen atoms in total. The number of hydrogen-bond donors (Lipinski definition) is 2. The molecule has 0 radical (unpaired) electrons. The molecule has 0 atom stereocenters. The summed E-state index contributed by atoms with van der Waals surface area (Å²) in [4.78, 5) is 10.8. The third-order valence-corrected chi connectivity index (χ3v) is 4.39. The van der Waals surface area contributed by atoms with Crippen LogP contribution < -0.4 is 4.72 Å². The zero-order valence-electron chi connectivity index (χ0n) is 10.1. The van der Waals surface area contributed by atoms with Crippen molar-refractivity contribution in [2.24, 2.45) is 0 Å². The Kier molecular flexibility index (Phi) is 3.82. The molecule has 20 heavy (non-hydrogen) atoms. The summed E-state index contributed by atoms with van der Waals surface area (Å²) in [6, 6.07) is 5.11. The lowest BCUT2D eigenvalue weighted by Crippen LogP contribution is -2.14. The van der Waals surface area contributed by atoms with Gasteiger partial charge in [-0.2, -0.15) is 0 Å². The van der Waals surface area contributed by atoms with Crippen LogP contribution in [0.25, 0.3) is 0 Å². The molecule has 0 amide bonds. The van der Waals surface area contributed by atoms with Gasteiger partial charge in [0.15, 0.2) is 5.82 Å². The lowest BCUT2D eigenvalue weighted by Gasteiger charge is -2.06. The van der Waals surface area contributed by atoms with E-state index in [2.05, 4.69) is 25.8 Å². The summed E-state index contributed by atoms with van der Waals surface area (Å²) >= 11 is 3.04. The minimum absolute atomic E-state index is 0.0299. The third kappa shape index (κ3) is 2.99. The molecule has 0 aliphatic rings. The van der Waals surface area contributed by atoms with Crippen molar-refractivity contribution < 1.29 is 22.8 Å². The third-order valence-electron chi connectivity index (χ3n) is 2.35. The topological polar surface area (TPSA) is 110 Å². The highest BCUT2D eigenvalue weighted by molar-refractivity contribution is 9.10. The van der Waals surface area contributed by atoms with Crippen LogP contribution in [0.1, 0.15) is 16.1 Å². The average molecular weight is 361 g/mol. The summed E-state index contributed by atoms with van der Waals surface area (Å²) in [5, 5.41) is 12.5.